The van der Waals surface area contributed by atoms with E-state index >= 15 is 0 Å². The molecule has 0 fully saturated rings. The minimum absolute atomic E-state index is 0.602. The minimum atomic E-state index is 0.602. The summed E-state index contributed by atoms with van der Waals surface area (Å²) in [6.45, 7) is 0. The van der Waals surface area contributed by atoms with Crippen LogP contribution in [0, 0.1) is 11.3 Å². The van der Waals surface area contributed by atoms with Crippen molar-refractivity contribution < 1.29 is 0 Å². The molecule has 0 aliphatic rings. The van der Waals surface area contributed by atoms with Gasteiger partial charge in [0.1, 0.15) is 0 Å². The highest BCUT2D eigenvalue weighted by atomic mass is 15.1. The maximum atomic E-state index is 10.5. The number of para-hydroxylation sites is 4. The van der Waals surface area contributed by atoms with Crippen molar-refractivity contribution >= 4 is 38.9 Å². The van der Waals surface area contributed by atoms with E-state index in [0.29, 0.717) is 5.56 Å². The number of fused-ring (bicyclic) bond motifs is 3. The summed E-state index contributed by atoms with van der Waals surface area (Å²) < 4.78 is 2.39. The van der Waals surface area contributed by atoms with Crippen molar-refractivity contribution in [3.05, 3.63) is 230 Å². The molecule has 0 aliphatic carbocycles. The van der Waals surface area contributed by atoms with E-state index in [4.69, 9.17) is 0 Å². The van der Waals surface area contributed by atoms with Crippen LogP contribution in [-0.2, 0) is 0 Å². The lowest BCUT2D eigenvalue weighted by atomic mass is 9.94. The molecular formula is C55H37N3. The number of anilines is 3. The number of hydrogen-bond acceptors (Lipinski definition) is 2. The number of aromatic nitrogens is 1. The first kappa shape index (κ1) is 34.6. The van der Waals surface area contributed by atoms with E-state index in [1.165, 1.54) is 33.0 Å². The van der Waals surface area contributed by atoms with Gasteiger partial charge in [0.05, 0.1) is 34.0 Å². The standard InChI is InChI=1S/C55H37N3/c56-38-39-33-44(48-25-13-15-27-52(48)57(46-21-9-3-10-22-46)47-23-11-4-12-24-47)35-45(34-39)49-26-14-16-28-53(49)58-54-31-29-42(40-17-5-1-6-18-40)36-50(54)51-37-43(30-32-55(51)58)41-19-7-2-8-20-41/h1-37H. The predicted molar refractivity (Wildman–Crippen MR) is 242 cm³/mol. The van der Waals surface area contributed by atoms with E-state index in [-0.39, 0.29) is 0 Å². The summed E-state index contributed by atoms with van der Waals surface area (Å²) in [5, 5.41) is 12.9. The fourth-order valence-electron chi connectivity index (χ4n) is 8.31. The molecule has 10 aromatic rings. The number of benzene rings is 9. The quantitative estimate of drug-likeness (QED) is 0.155. The van der Waals surface area contributed by atoms with Crippen molar-refractivity contribution in [1.82, 2.24) is 4.57 Å². The zero-order valence-electron chi connectivity index (χ0n) is 31.7. The zero-order valence-corrected chi connectivity index (χ0v) is 31.7. The molecule has 0 saturated carbocycles. The average molecular weight is 740 g/mol. The average Bonchev–Trinajstić information content (AvgIpc) is 3.63. The van der Waals surface area contributed by atoms with Crippen LogP contribution in [0.4, 0.5) is 17.1 Å². The molecule has 0 spiro atoms. The van der Waals surface area contributed by atoms with Gasteiger partial charge in [0.2, 0.25) is 0 Å². The Morgan fingerprint density at radius 3 is 1.34 bits per heavy atom. The summed E-state index contributed by atoms with van der Waals surface area (Å²) in [5.41, 5.74) is 15.8. The van der Waals surface area contributed by atoms with Crippen molar-refractivity contribution in [2.24, 2.45) is 0 Å². The Hall–Kier alpha value is -7.93. The van der Waals surface area contributed by atoms with Crippen LogP contribution in [0.1, 0.15) is 5.56 Å². The monoisotopic (exact) mass is 739 g/mol. The van der Waals surface area contributed by atoms with Crippen LogP contribution in [0.25, 0.3) is 72.0 Å². The Balaban J connectivity index is 1.18. The van der Waals surface area contributed by atoms with E-state index in [1.54, 1.807) is 0 Å². The highest BCUT2D eigenvalue weighted by molar-refractivity contribution is 6.12. The molecule has 0 amide bonds. The van der Waals surface area contributed by atoms with Gasteiger partial charge in [-0.3, -0.25) is 0 Å². The lowest BCUT2D eigenvalue weighted by Gasteiger charge is -2.28. The van der Waals surface area contributed by atoms with Gasteiger partial charge in [0, 0.05) is 33.3 Å². The van der Waals surface area contributed by atoms with E-state index in [2.05, 4.69) is 216 Å². The summed E-state index contributed by atoms with van der Waals surface area (Å²) in [6.07, 6.45) is 0. The predicted octanol–water partition coefficient (Wildman–Crippen LogP) is 14.8. The van der Waals surface area contributed by atoms with E-state index in [1.807, 2.05) is 24.3 Å². The summed E-state index contributed by atoms with van der Waals surface area (Å²) in [5.74, 6) is 0. The van der Waals surface area contributed by atoms with Crippen molar-refractivity contribution in [1.29, 1.82) is 5.26 Å². The maximum absolute atomic E-state index is 10.5. The third-order valence-electron chi connectivity index (χ3n) is 11.0. The molecule has 0 radical (unpaired) electrons. The second-order valence-corrected chi connectivity index (χ2v) is 14.5. The molecule has 0 N–H and O–H groups in total. The van der Waals surface area contributed by atoms with Gasteiger partial charge in [-0.05, 0) is 112 Å². The van der Waals surface area contributed by atoms with Gasteiger partial charge in [0.25, 0.3) is 0 Å². The molecular weight excluding hydrogens is 703 g/mol. The third-order valence-corrected chi connectivity index (χ3v) is 11.0. The number of nitriles is 1. The third kappa shape index (κ3) is 6.30. The van der Waals surface area contributed by atoms with Crippen LogP contribution < -0.4 is 4.90 Å². The van der Waals surface area contributed by atoms with Crippen LogP contribution in [0.5, 0.6) is 0 Å². The first-order valence-corrected chi connectivity index (χ1v) is 19.6. The number of rotatable bonds is 8. The summed E-state index contributed by atoms with van der Waals surface area (Å²) in [6, 6.07) is 81.5. The van der Waals surface area contributed by atoms with Crippen LogP contribution >= 0.6 is 0 Å². The fraction of sp³-hybridized carbons (Fsp3) is 0. The topological polar surface area (TPSA) is 32.0 Å². The van der Waals surface area contributed by atoms with Gasteiger partial charge in [-0.25, -0.2) is 0 Å². The van der Waals surface area contributed by atoms with Crippen LogP contribution in [0.2, 0.25) is 0 Å². The molecule has 1 aromatic heterocycles. The summed E-state index contributed by atoms with van der Waals surface area (Å²) in [7, 11) is 0. The maximum Gasteiger partial charge on any atom is 0.0992 e. The molecule has 272 valence electrons. The Morgan fingerprint density at radius 2 is 0.810 bits per heavy atom. The number of hydrogen-bond donors (Lipinski definition) is 0. The zero-order chi connectivity index (χ0) is 38.8. The van der Waals surface area contributed by atoms with E-state index < -0.39 is 0 Å². The Bertz CT molecular complexity index is 2970. The lowest BCUT2D eigenvalue weighted by Crippen LogP contribution is -2.11. The molecule has 0 saturated heterocycles. The molecule has 1 heterocycles. The molecule has 0 unspecified atom stereocenters. The molecule has 0 aliphatic heterocycles. The summed E-state index contributed by atoms with van der Waals surface area (Å²) >= 11 is 0. The molecule has 3 heteroatoms. The van der Waals surface area contributed by atoms with Crippen molar-refractivity contribution in [3.8, 4) is 56.3 Å². The highest BCUT2D eigenvalue weighted by Crippen LogP contribution is 2.43. The normalized spacial score (nSPS) is 11.1. The van der Waals surface area contributed by atoms with Crippen LogP contribution in [-0.4, -0.2) is 4.57 Å². The number of nitrogens with zero attached hydrogens (tertiary/aromatic N) is 3. The van der Waals surface area contributed by atoms with Gasteiger partial charge in [-0.15, -0.1) is 0 Å². The van der Waals surface area contributed by atoms with Crippen molar-refractivity contribution in [2.45, 2.75) is 0 Å². The fourth-order valence-corrected chi connectivity index (χ4v) is 8.31. The van der Waals surface area contributed by atoms with Gasteiger partial charge in [-0.1, -0.05) is 146 Å². The molecule has 0 bridgehead atoms. The SMILES string of the molecule is N#Cc1cc(-c2ccccc2N(c2ccccc2)c2ccccc2)cc(-c2ccccc2-n2c3ccc(-c4ccccc4)cc3c3cc(-c4ccccc4)ccc32)c1. The largest absolute Gasteiger partial charge is 0.310 e. The smallest absolute Gasteiger partial charge is 0.0992 e. The van der Waals surface area contributed by atoms with E-state index in [9.17, 15) is 5.26 Å². The minimum Gasteiger partial charge on any atom is -0.310 e. The molecule has 9 aromatic carbocycles. The van der Waals surface area contributed by atoms with Gasteiger partial charge < -0.3 is 9.47 Å². The second kappa shape index (κ2) is 15.0. The Labute approximate surface area is 338 Å². The van der Waals surface area contributed by atoms with Gasteiger partial charge in [0.15, 0.2) is 0 Å². The first-order chi connectivity index (χ1) is 28.7. The molecule has 58 heavy (non-hydrogen) atoms. The van der Waals surface area contributed by atoms with Gasteiger partial charge in [-0.2, -0.15) is 5.26 Å². The first-order valence-electron chi connectivity index (χ1n) is 19.6. The van der Waals surface area contributed by atoms with Crippen molar-refractivity contribution in [3.63, 3.8) is 0 Å². The highest BCUT2D eigenvalue weighted by Gasteiger charge is 2.20. The van der Waals surface area contributed by atoms with Gasteiger partial charge >= 0.3 is 0 Å². The van der Waals surface area contributed by atoms with Crippen LogP contribution in [0.15, 0.2) is 224 Å². The lowest BCUT2D eigenvalue weighted by molar-refractivity contribution is 1.18. The van der Waals surface area contributed by atoms with Crippen LogP contribution in [0.3, 0.4) is 0 Å². The Morgan fingerprint density at radius 1 is 0.362 bits per heavy atom. The Kier molecular flexibility index (Phi) is 8.91. The molecule has 3 nitrogen and oxygen atoms in total. The van der Waals surface area contributed by atoms with E-state index in [0.717, 1.165) is 56.0 Å². The van der Waals surface area contributed by atoms with Crippen molar-refractivity contribution in [2.75, 3.05) is 4.90 Å². The second-order valence-electron chi connectivity index (χ2n) is 14.5. The molecule has 0 atom stereocenters. The molecule has 10 rings (SSSR count). The summed E-state index contributed by atoms with van der Waals surface area (Å²) in [4.78, 5) is 2.29.